The third kappa shape index (κ3) is 2.75. The molecule has 0 aliphatic heterocycles. The lowest BCUT2D eigenvalue weighted by Gasteiger charge is -2.08. The van der Waals surface area contributed by atoms with Gasteiger partial charge >= 0.3 is 0 Å². The van der Waals surface area contributed by atoms with Gasteiger partial charge in [-0.15, -0.1) is 0 Å². The third-order valence-corrected chi connectivity index (χ3v) is 3.33. The van der Waals surface area contributed by atoms with Crippen molar-refractivity contribution in [2.75, 3.05) is 12.4 Å². The second-order valence-corrected chi connectivity index (χ2v) is 4.91. The molecule has 0 bridgehead atoms. The second kappa shape index (κ2) is 5.57. The fraction of sp³-hybridized carbons (Fsp3) is 0.214. The van der Waals surface area contributed by atoms with Crippen LogP contribution in [-0.4, -0.2) is 26.6 Å². The monoisotopic (exact) mass is 303 g/mol. The lowest BCUT2D eigenvalue weighted by Crippen LogP contribution is -2.04. The molecule has 0 aliphatic rings. The number of rotatable bonds is 4. The van der Waals surface area contributed by atoms with Crippen LogP contribution in [0.15, 0.2) is 30.6 Å². The number of hydrogen-bond acceptors (Lipinski definition) is 5. The van der Waals surface area contributed by atoms with E-state index in [2.05, 4.69) is 20.3 Å². The summed E-state index contributed by atoms with van der Waals surface area (Å²) in [7, 11) is 3.54. The Bertz CT molecular complexity index is 769. The zero-order valence-electron chi connectivity index (χ0n) is 11.7. The van der Waals surface area contributed by atoms with Gasteiger partial charge in [-0.2, -0.15) is 9.97 Å². The molecule has 0 amide bonds. The van der Waals surface area contributed by atoms with Crippen molar-refractivity contribution in [2.24, 2.45) is 7.05 Å². The molecule has 0 radical (unpaired) electrons. The van der Waals surface area contributed by atoms with Gasteiger partial charge in [-0.3, -0.25) is 0 Å². The first-order valence-electron chi connectivity index (χ1n) is 6.39. The number of benzene rings is 1. The van der Waals surface area contributed by atoms with Crippen LogP contribution in [0.3, 0.4) is 0 Å². The van der Waals surface area contributed by atoms with Crippen molar-refractivity contribution in [1.29, 1.82) is 0 Å². The summed E-state index contributed by atoms with van der Waals surface area (Å²) in [5.41, 5.74) is 2.52. The molecule has 6 nitrogen and oxygen atoms in total. The molecule has 3 aromatic rings. The third-order valence-electron chi connectivity index (χ3n) is 3.16. The lowest BCUT2D eigenvalue weighted by atomic mass is 10.2. The molecule has 108 valence electrons. The quantitative estimate of drug-likeness (QED) is 0.751. The smallest absolute Gasteiger partial charge is 0.226 e. The van der Waals surface area contributed by atoms with Gasteiger partial charge in [0.25, 0.3) is 0 Å². The molecule has 21 heavy (non-hydrogen) atoms. The summed E-state index contributed by atoms with van der Waals surface area (Å²) in [5, 5.41) is 3.45. The number of fused-ring (bicyclic) bond motifs is 1. The first-order valence-corrected chi connectivity index (χ1v) is 6.76. The van der Waals surface area contributed by atoms with Gasteiger partial charge in [0.2, 0.25) is 5.28 Å². The topological polar surface area (TPSA) is 64.9 Å². The number of ether oxygens (including phenoxy) is 1. The van der Waals surface area contributed by atoms with E-state index in [0.29, 0.717) is 18.0 Å². The molecule has 1 N–H and O–H groups in total. The number of nitrogens with one attached hydrogen (secondary N) is 1. The van der Waals surface area contributed by atoms with E-state index in [-0.39, 0.29) is 5.28 Å². The average Bonchev–Trinajstić information content (AvgIpc) is 2.86. The molecule has 0 fully saturated rings. The summed E-state index contributed by atoms with van der Waals surface area (Å²) in [6.07, 6.45) is 1.69. The SMILES string of the molecule is COc1ccc(CNc2nc(Cl)nc3ncn(C)c23)cc1. The minimum Gasteiger partial charge on any atom is -0.497 e. The number of anilines is 1. The summed E-state index contributed by atoms with van der Waals surface area (Å²) in [5.74, 6) is 1.50. The molecular formula is C14H14ClN5O. The molecule has 2 aromatic heterocycles. The first kappa shape index (κ1) is 13.6. The Morgan fingerprint density at radius 3 is 2.71 bits per heavy atom. The molecule has 0 saturated carbocycles. The van der Waals surface area contributed by atoms with Crippen molar-refractivity contribution in [3.05, 3.63) is 41.4 Å². The number of halogens is 1. The number of nitrogens with zero attached hydrogens (tertiary/aromatic N) is 4. The fourth-order valence-electron chi connectivity index (χ4n) is 2.08. The predicted molar refractivity (Wildman–Crippen MR) is 81.6 cm³/mol. The summed E-state index contributed by atoms with van der Waals surface area (Å²) in [6.45, 7) is 0.623. The van der Waals surface area contributed by atoms with Crippen LogP contribution >= 0.6 is 11.6 Å². The van der Waals surface area contributed by atoms with E-state index < -0.39 is 0 Å². The van der Waals surface area contributed by atoms with Crippen molar-refractivity contribution in [1.82, 2.24) is 19.5 Å². The predicted octanol–water partition coefficient (Wildman–Crippen LogP) is 2.64. The van der Waals surface area contributed by atoms with Crippen molar-refractivity contribution >= 4 is 28.6 Å². The first-order chi connectivity index (χ1) is 10.2. The van der Waals surface area contributed by atoms with E-state index in [9.17, 15) is 0 Å². The van der Waals surface area contributed by atoms with E-state index in [1.807, 2.05) is 35.9 Å². The molecule has 2 heterocycles. The maximum Gasteiger partial charge on any atom is 0.226 e. The molecule has 1 aromatic carbocycles. The second-order valence-electron chi connectivity index (χ2n) is 4.57. The van der Waals surface area contributed by atoms with Gasteiger partial charge < -0.3 is 14.6 Å². The van der Waals surface area contributed by atoms with Crippen LogP contribution in [0.2, 0.25) is 5.28 Å². The highest BCUT2D eigenvalue weighted by Crippen LogP contribution is 2.21. The van der Waals surface area contributed by atoms with Gasteiger partial charge in [-0.1, -0.05) is 12.1 Å². The molecule has 7 heteroatoms. The summed E-state index contributed by atoms with van der Waals surface area (Å²) in [4.78, 5) is 12.5. The lowest BCUT2D eigenvalue weighted by molar-refractivity contribution is 0.414. The molecule has 0 aliphatic carbocycles. The Morgan fingerprint density at radius 1 is 1.24 bits per heavy atom. The largest absolute Gasteiger partial charge is 0.497 e. The Hall–Kier alpha value is -2.34. The maximum absolute atomic E-state index is 5.93. The van der Waals surface area contributed by atoms with Crippen LogP contribution in [-0.2, 0) is 13.6 Å². The Kier molecular flexibility index (Phi) is 3.62. The van der Waals surface area contributed by atoms with Gasteiger partial charge in [0.15, 0.2) is 11.5 Å². The Morgan fingerprint density at radius 2 is 2.00 bits per heavy atom. The highest BCUT2D eigenvalue weighted by Gasteiger charge is 2.11. The van der Waals surface area contributed by atoms with E-state index in [0.717, 1.165) is 16.8 Å². The highest BCUT2D eigenvalue weighted by atomic mass is 35.5. The van der Waals surface area contributed by atoms with Crippen molar-refractivity contribution in [2.45, 2.75) is 6.54 Å². The van der Waals surface area contributed by atoms with Crippen molar-refractivity contribution in [3.8, 4) is 5.75 Å². The van der Waals surface area contributed by atoms with E-state index >= 15 is 0 Å². The van der Waals surface area contributed by atoms with E-state index in [1.54, 1.807) is 13.4 Å². The van der Waals surface area contributed by atoms with Gasteiger partial charge in [-0.25, -0.2) is 4.98 Å². The Balaban J connectivity index is 1.85. The number of aryl methyl sites for hydroxylation is 1. The van der Waals surface area contributed by atoms with E-state index in [1.165, 1.54) is 0 Å². The number of aromatic nitrogens is 4. The van der Waals surface area contributed by atoms with Crippen molar-refractivity contribution < 1.29 is 4.74 Å². The van der Waals surface area contributed by atoms with Crippen LogP contribution < -0.4 is 10.1 Å². The Labute approximate surface area is 126 Å². The van der Waals surface area contributed by atoms with Crippen molar-refractivity contribution in [3.63, 3.8) is 0 Å². The summed E-state index contributed by atoms with van der Waals surface area (Å²) < 4.78 is 7.00. The van der Waals surface area contributed by atoms with Gasteiger partial charge in [-0.05, 0) is 29.3 Å². The molecular weight excluding hydrogens is 290 g/mol. The normalized spacial score (nSPS) is 10.8. The van der Waals surface area contributed by atoms with Crippen LogP contribution in [0.5, 0.6) is 5.75 Å². The average molecular weight is 304 g/mol. The molecule has 3 rings (SSSR count). The van der Waals surface area contributed by atoms with Crippen LogP contribution in [0.1, 0.15) is 5.56 Å². The minimum absolute atomic E-state index is 0.179. The van der Waals surface area contributed by atoms with Crippen LogP contribution in [0.4, 0.5) is 5.82 Å². The molecule has 0 atom stereocenters. The van der Waals surface area contributed by atoms with Gasteiger partial charge in [0.05, 0.1) is 13.4 Å². The molecule has 0 saturated heterocycles. The zero-order valence-corrected chi connectivity index (χ0v) is 12.4. The number of methoxy groups -OCH3 is 1. The van der Waals surface area contributed by atoms with Crippen LogP contribution in [0.25, 0.3) is 11.2 Å². The molecule has 0 unspecified atom stereocenters. The van der Waals surface area contributed by atoms with Crippen LogP contribution in [0, 0.1) is 0 Å². The molecule has 0 spiro atoms. The van der Waals surface area contributed by atoms with Gasteiger partial charge in [0, 0.05) is 13.6 Å². The summed E-state index contributed by atoms with van der Waals surface area (Å²) in [6, 6.07) is 7.83. The van der Waals surface area contributed by atoms with Gasteiger partial charge in [0.1, 0.15) is 11.3 Å². The highest BCUT2D eigenvalue weighted by molar-refractivity contribution is 6.28. The number of hydrogen-bond donors (Lipinski definition) is 1. The standard InChI is InChI=1S/C14H14ClN5O/c1-20-8-17-13-11(20)12(18-14(15)19-13)16-7-9-3-5-10(21-2)6-4-9/h3-6,8H,7H2,1-2H3,(H,16,18,19). The maximum atomic E-state index is 5.93. The number of imidazole rings is 1. The zero-order chi connectivity index (χ0) is 14.8. The summed E-state index contributed by atoms with van der Waals surface area (Å²) >= 11 is 5.93. The van der Waals surface area contributed by atoms with E-state index in [4.69, 9.17) is 16.3 Å². The fourth-order valence-corrected chi connectivity index (χ4v) is 2.25. The minimum atomic E-state index is 0.179.